The van der Waals surface area contributed by atoms with Crippen molar-refractivity contribution < 1.29 is 9.90 Å². The quantitative estimate of drug-likeness (QED) is 0.926. The fourth-order valence-corrected chi connectivity index (χ4v) is 1.93. The Kier molecular flexibility index (Phi) is 3.98. The summed E-state index contributed by atoms with van der Waals surface area (Å²) in [5, 5.41) is 8.90. The molecule has 0 bridgehead atoms. The van der Waals surface area contributed by atoms with Crippen LogP contribution in [0.4, 0.5) is 11.5 Å². The molecule has 1 aromatic carbocycles. The molecule has 0 aliphatic rings. The number of nitrogens with zero attached hydrogens (tertiary/aromatic N) is 3. The van der Waals surface area contributed by atoms with E-state index in [0.717, 1.165) is 29.4 Å². The second-order valence-corrected chi connectivity index (χ2v) is 4.53. The first-order valence-electron chi connectivity index (χ1n) is 6.43. The summed E-state index contributed by atoms with van der Waals surface area (Å²) in [6.07, 6.45) is 0.849. The van der Waals surface area contributed by atoms with Gasteiger partial charge in [-0.2, -0.15) is 0 Å². The van der Waals surface area contributed by atoms with E-state index >= 15 is 0 Å². The lowest BCUT2D eigenvalue weighted by Gasteiger charge is -2.19. The molecule has 0 unspecified atom stereocenters. The Bertz CT molecular complexity index is 624. The lowest BCUT2D eigenvalue weighted by atomic mass is 10.2. The topological polar surface area (TPSA) is 66.3 Å². The number of aromatic nitrogens is 2. The number of benzene rings is 1. The van der Waals surface area contributed by atoms with E-state index in [4.69, 9.17) is 5.11 Å². The first-order valence-corrected chi connectivity index (χ1v) is 6.43. The highest BCUT2D eigenvalue weighted by Gasteiger charge is 2.09. The number of carboxylic acids is 1. The number of carboxylic acid groups (broad SMARTS) is 1. The number of rotatable bonds is 4. The number of aryl methyl sites for hydroxylation is 2. The molecule has 104 valence electrons. The van der Waals surface area contributed by atoms with Crippen LogP contribution in [0.5, 0.6) is 0 Å². The second-order valence-electron chi connectivity index (χ2n) is 4.53. The van der Waals surface area contributed by atoms with Crippen molar-refractivity contribution in [2.75, 3.05) is 11.9 Å². The molecule has 5 heteroatoms. The van der Waals surface area contributed by atoms with E-state index < -0.39 is 5.97 Å². The zero-order valence-electron chi connectivity index (χ0n) is 11.8. The molecule has 0 amide bonds. The SMILES string of the molecule is CCc1cc(N(C)c2ccc(C(=O)O)cc2)nc(C)n1. The summed E-state index contributed by atoms with van der Waals surface area (Å²) >= 11 is 0. The summed E-state index contributed by atoms with van der Waals surface area (Å²) in [7, 11) is 1.90. The molecular weight excluding hydrogens is 254 g/mol. The minimum Gasteiger partial charge on any atom is -0.478 e. The van der Waals surface area contributed by atoms with Crippen LogP contribution in [0, 0.1) is 6.92 Å². The fourth-order valence-electron chi connectivity index (χ4n) is 1.93. The van der Waals surface area contributed by atoms with Crippen molar-refractivity contribution in [2.24, 2.45) is 0 Å². The van der Waals surface area contributed by atoms with Crippen molar-refractivity contribution in [1.82, 2.24) is 9.97 Å². The summed E-state index contributed by atoms with van der Waals surface area (Å²) in [4.78, 5) is 21.5. The monoisotopic (exact) mass is 271 g/mol. The Hall–Kier alpha value is -2.43. The number of aromatic carboxylic acids is 1. The summed E-state index contributed by atoms with van der Waals surface area (Å²) < 4.78 is 0. The predicted octanol–water partition coefficient (Wildman–Crippen LogP) is 2.81. The van der Waals surface area contributed by atoms with E-state index in [1.54, 1.807) is 24.3 Å². The van der Waals surface area contributed by atoms with Crippen LogP contribution >= 0.6 is 0 Å². The van der Waals surface area contributed by atoms with Crippen LogP contribution < -0.4 is 4.90 Å². The average molecular weight is 271 g/mol. The molecule has 0 atom stereocenters. The first-order chi connectivity index (χ1) is 9.51. The molecule has 0 aliphatic heterocycles. The van der Waals surface area contributed by atoms with Crippen molar-refractivity contribution in [3.63, 3.8) is 0 Å². The zero-order valence-corrected chi connectivity index (χ0v) is 11.8. The molecule has 5 nitrogen and oxygen atoms in total. The Labute approximate surface area is 117 Å². The first kappa shape index (κ1) is 14.0. The lowest BCUT2D eigenvalue weighted by Crippen LogP contribution is -2.13. The summed E-state index contributed by atoms with van der Waals surface area (Å²) in [6.45, 7) is 3.91. The summed E-state index contributed by atoms with van der Waals surface area (Å²) in [5.41, 5.74) is 2.15. The molecule has 2 aromatic rings. The van der Waals surface area contributed by atoms with Gasteiger partial charge in [0.1, 0.15) is 11.6 Å². The van der Waals surface area contributed by atoms with Crippen LogP contribution in [0.3, 0.4) is 0 Å². The van der Waals surface area contributed by atoms with E-state index in [1.165, 1.54) is 0 Å². The molecule has 2 rings (SSSR count). The molecule has 0 fully saturated rings. The fraction of sp³-hybridized carbons (Fsp3) is 0.267. The third kappa shape index (κ3) is 2.93. The van der Waals surface area contributed by atoms with Crippen LogP contribution in [-0.2, 0) is 6.42 Å². The Morgan fingerprint density at radius 1 is 1.25 bits per heavy atom. The van der Waals surface area contributed by atoms with Crippen molar-refractivity contribution in [2.45, 2.75) is 20.3 Å². The normalized spacial score (nSPS) is 10.3. The lowest BCUT2D eigenvalue weighted by molar-refractivity contribution is 0.0697. The van der Waals surface area contributed by atoms with Gasteiger partial charge in [-0.05, 0) is 37.6 Å². The number of carbonyl (C=O) groups is 1. The summed E-state index contributed by atoms with van der Waals surface area (Å²) in [5.74, 6) is 0.608. The molecular formula is C15H17N3O2. The molecule has 1 N–H and O–H groups in total. The van der Waals surface area contributed by atoms with Crippen molar-refractivity contribution in [3.05, 3.63) is 47.4 Å². The molecule has 0 saturated heterocycles. The van der Waals surface area contributed by atoms with Gasteiger partial charge < -0.3 is 10.0 Å². The standard InChI is InChI=1S/C15H17N3O2/c1-4-12-9-14(17-10(2)16-12)18(3)13-7-5-11(6-8-13)15(19)20/h5-9H,4H2,1-3H3,(H,19,20). The molecule has 0 radical (unpaired) electrons. The van der Waals surface area contributed by atoms with Gasteiger partial charge in [0.2, 0.25) is 0 Å². The van der Waals surface area contributed by atoms with Gasteiger partial charge in [0.05, 0.1) is 5.56 Å². The van der Waals surface area contributed by atoms with Crippen LogP contribution in [0.2, 0.25) is 0 Å². The molecule has 1 aromatic heterocycles. The largest absolute Gasteiger partial charge is 0.478 e. The van der Waals surface area contributed by atoms with E-state index in [9.17, 15) is 4.79 Å². The van der Waals surface area contributed by atoms with Gasteiger partial charge in [0.25, 0.3) is 0 Å². The molecule has 0 aliphatic carbocycles. The highest BCUT2D eigenvalue weighted by molar-refractivity contribution is 5.88. The maximum absolute atomic E-state index is 10.8. The van der Waals surface area contributed by atoms with Crippen LogP contribution in [0.1, 0.15) is 28.8 Å². The summed E-state index contributed by atoms with van der Waals surface area (Å²) in [6, 6.07) is 8.66. The molecule has 1 heterocycles. The molecule has 20 heavy (non-hydrogen) atoms. The van der Waals surface area contributed by atoms with E-state index in [1.807, 2.05) is 31.9 Å². The Balaban J connectivity index is 2.32. The third-order valence-electron chi connectivity index (χ3n) is 3.08. The highest BCUT2D eigenvalue weighted by atomic mass is 16.4. The van der Waals surface area contributed by atoms with Gasteiger partial charge in [0.15, 0.2) is 0 Å². The van der Waals surface area contributed by atoms with Gasteiger partial charge in [-0.25, -0.2) is 14.8 Å². The van der Waals surface area contributed by atoms with Gasteiger partial charge >= 0.3 is 5.97 Å². The van der Waals surface area contributed by atoms with Crippen molar-refractivity contribution >= 4 is 17.5 Å². The van der Waals surface area contributed by atoms with E-state index in [-0.39, 0.29) is 5.56 Å². The van der Waals surface area contributed by atoms with Crippen molar-refractivity contribution in [3.8, 4) is 0 Å². The van der Waals surface area contributed by atoms with E-state index in [2.05, 4.69) is 9.97 Å². The number of anilines is 2. The molecule has 0 spiro atoms. The van der Waals surface area contributed by atoms with E-state index in [0.29, 0.717) is 0 Å². The highest BCUT2D eigenvalue weighted by Crippen LogP contribution is 2.22. The Morgan fingerprint density at radius 2 is 1.90 bits per heavy atom. The minimum atomic E-state index is -0.926. The second kappa shape index (κ2) is 5.69. The van der Waals surface area contributed by atoms with Gasteiger partial charge in [-0.1, -0.05) is 6.92 Å². The van der Waals surface area contributed by atoms with Gasteiger partial charge in [-0.15, -0.1) is 0 Å². The molecule has 0 saturated carbocycles. The van der Waals surface area contributed by atoms with Gasteiger partial charge in [0, 0.05) is 24.5 Å². The maximum atomic E-state index is 10.8. The predicted molar refractivity (Wildman–Crippen MR) is 77.6 cm³/mol. The van der Waals surface area contributed by atoms with Crippen LogP contribution in [-0.4, -0.2) is 28.1 Å². The minimum absolute atomic E-state index is 0.273. The Morgan fingerprint density at radius 3 is 2.45 bits per heavy atom. The van der Waals surface area contributed by atoms with Gasteiger partial charge in [-0.3, -0.25) is 0 Å². The average Bonchev–Trinajstić information content (AvgIpc) is 2.45. The zero-order chi connectivity index (χ0) is 14.7. The van der Waals surface area contributed by atoms with Crippen LogP contribution in [0.15, 0.2) is 30.3 Å². The van der Waals surface area contributed by atoms with Crippen molar-refractivity contribution in [1.29, 1.82) is 0 Å². The maximum Gasteiger partial charge on any atom is 0.335 e. The number of hydrogen-bond acceptors (Lipinski definition) is 4. The number of hydrogen-bond donors (Lipinski definition) is 1. The third-order valence-corrected chi connectivity index (χ3v) is 3.08. The smallest absolute Gasteiger partial charge is 0.335 e. The van der Waals surface area contributed by atoms with Crippen LogP contribution in [0.25, 0.3) is 0 Å².